The lowest BCUT2D eigenvalue weighted by molar-refractivity contribution is 0.0525. The molecule has 1 N–H and O–H groups in total. The summed E-state index contributed by atoms with van der Waals surface area (Å²) in [5.41, 5.74) is 1.01. The van der Waals surface area contributed by atoms with Gasteiger partial charge in [0.25, 0.3) is 0 Å². The van der Waals surface area contributed by atoms with Crippen molar-refractivity contribution in [3.05, 3.63) is 28.8 Å². The van der Waals surface area contributed by atoms with Crippen LogP contribution in [0, 0.1) is 11.3 Å². The highest BCUT2D eigenvalue weighted by Crippen LogP contribution is 2.24. The molecule has 0 aromatic heterocycles. The molecule has 0 spiro atoms. The van der Waals surface area contributed by atoms with Gasteiger partial charge in [0, 0.05) is 5.33 Å². The van der Waals surface area contributed by atoms with E-state index in [0.717, 1.165) is 0 Å². The number of aromatic hydroxyl groups is 1. The predicted octanol–water partition coefficient (Wildman–Crippen LogP) is 2.34. The van der Waals surface area contributed by atoms with Crippen LogP contribution in [0.5, 0.6) is 5.75 Å². The highest BCUT2D eigenvalue weighted by atomic mass is 79.9. The summed E-state index contributed by atoms with van der Waals surface area (Å²) in [6.07, 6.45) is 0. The Morgan fingerprint density at radius 3 is 2.81 bits per heavy atom. The van der Waals surface area contributed by atoms with Crippen LogP contribution >= 0.6 is 15.9 Å². The number of phenols is 1. The molecule has 1 aromatic carbocycles. The number of ether oxygens (including phenoxy) is 1. The quantitative estimate of drug-likeness (QED) is 0.683. The Morgan fingerprint density at radius 2 is 2.31 bits per heavy atom. The zero-order chi connectivity index (χ0) is 12.1. The molecule has 0 unspecified atom stereocenters. The van der Waals surface area contributed by atoms with Gasteiger partial charge in [-0.3, -0.25) is 0 Å². The minimum Gasteiger partial charge on any atom is -0.508 e. The molecule has 0 aliphatic rings. The van der Waals surface area contributed by atoms with Gasteiger partial charge in [-0.1, -0.05) is 15.9 Å². The van der Waals surface area contributed by atoms with Gasteiger partial charge < -0.3 is 9.84 Å². The third-order valence-electron chi connectivity index (χ3n) is 1.98. The van der Waals surface area contributed by atoms with Crippen LogP contribution in [0.2, 0.25) is 0 Å². The molecule has 1 rings (SSSR count). The Hall–Kier alpha value is -1.54. The number of halogens is 1. The van der Waals surface area contributed by atoms with Gasteiger partial charge in [0.05, 0.1) is 23.8 Å². The highest BCUT2D eigenvalue weighted by Gasteiger charge is 2.16. The Bertz CT molecular complexity index is 451. The van der Waals surface area contributed by atoms with E-state index in [1.165, 1.54) is 12.1 Å². The zero-order valence-corrected chi connectivity index (χ0v) is 10.2. The fourth-order valence-corrected chi connectivity index (χ4v) is 1.90. The van der Waals surface area contributed by atoms with Crippen molar-refractivity contribution in [1.82, 2.24) is 0 Å². The van der Waals surface area contributed by atoms with Gasteiger partial charge >= 0.3 is 5.97 Å². The first-order chi connectivity index (χ1) is 7.63. The molecule has 0 atom stereocenters. The molecule has 0 bridgehead atoms. The van der Waals surface area contributed by atoms with Crippen LogP contribution in [-0.2, 0) is 10.1 Å². The molecule has 0 saturated heterocycles. The smallest absolute Gasteiger partial charge is 0.338 e. The van der Waals surface area contributed by atoms with Gasteiger partial charge in [-0.25, -0.2) is 4.79 Å². The van der Waals surface area contributed by atoms with E-state index < -0.39 is 5.97 Å². The van der Waals surface area contributed by atoms with Crippen molar-refractivity contribution in [2.45, 2.75) is 12.3 Å². The number of phenolic OH excluding ortho intramolecular Hbond substituents is 1. The molecule has 0 saturated carbocycles. The van der Waals surface area contributed by atoms with E-state index in [-0.39, 0.29) is 23.5 Å². The van der Waals surface area contributed by atoms with Crippen molar-refractivity contribution < 1.29 is 14.6 Å². The van der Waals surface area contributed by atoms with E-state index in [0.29, 0.717) is 10.9 Å². The highest BCUT2D eigenvalue weighted by molar-refractivity contribution is 9.08. The summed E-state index contributed by atoms with van der Waals surface area (Å²) in [6, 6.07) is 4.55. The summed E-state index contributed by atoms with van der Waals surface area (Å²) < 4.78 is 4.84. The Morgan fingerprint density at radius 1 is 1.62 bits per heavy atom. The molecule has 0 aliphatic carbocycles. The van der Waals surface area contributed by atoms with Crippen molar-refractivity contribution in [2.24, 2.45) is 0 Å². The summed E-state index contributed by atoms with van der Waals surface area (Å²) in [6.45, 7) is 1.94. The first-order valence-corrected chi connectivity index (χ1v) is 5.75. The van der Waals surface area contributed by atoms with Gasteiger partial charge in [-0.05, 0) is 24.6 Å². The molecule has 4 nitrogen and oxygen atoms in total. The summed E-state index contributed by atoms with van der Waals surface area (Å²) in [5.74, 6) is -0.659. The number of nitrogens with zero attached hydrogens (tertiary/aromatic N) is 1. The lowest BCUT2D eigenvalue weighted by atomic mass is 10.0. The first kappa shape index (κ1) is 12.5. The summed E-state index contributed by atoms with van der Waals surface area (Å²) in [5, 5.41) is 18.6. The van der Waals surface area contributed by atoms with Crippen molar-refractivity contribution >= 4 is 21.9 Å². The third-order valence-corrected chi connectivity index (χ3v) is 2.54. The summed E-state index contributed by atoms with van der Waals surface area (Å²) in [7, 11) is 0. The average molecular weight is 284 g/mol. The normalized spacial score (nSPS) is 9.56. The number of hydrogen-bond acceptors (Lipinski definition) is 4. The Labute approximate surface area is 102 Å². The topological polar surface area (TPSA) is 70.3 Å². The van der Waals surface area contributed by atoms with Crippen LogP contribution in [0.3, 0.4) is 0 Å². The lowest BCUT2D eigenvalue weighted by Gasteiger charge is -2.08. The largest absolute Gasteiger partial charge is 0.508 e. The van der Waals surface area contributed by atoms with Crippen molar-refractivity contribution in [1.29, 1.82) is 5.26 Å². The third kappa shape index (κ3) is 2.52. The van der Waals surface area contributed by atoms with E-state index in [9.17, 15) is 9.90 Å². The molecule has 0 radical (unpaired) electrons. The first-order valence-electron chi connectivity index (χ1n) is 4.63. The van der Waals surface area contributed by atoms with Crippen LogP contribution in [0.25, 0.3) is 0 Å². The minimum atomic E-state index is -0.538. The van der Waals surface area contributed by atoms with Crippen molar-refractivity contribution in [3.8, 4) is 11.8 Å². The lowest BCUT2D eigenvalue weighted by Crippen LogP contribution is -2.08. The molecule has 0 aliphatic heterocycles. The molecular formula is C11H10BrNO3. The second-order valence-corrected chi connectivity index (χ2v) is 3.55. The Kier molecular flexibility index (Phi) is 4.32. The number of alkyl halides is 1. The fraction of sp³-hybridized carbons (Fsp3) is 0.273. The molecule has 16 heavy (non-hydrogen) atoms. The van der Waals surface area contributed by atoms with Crippen LogP contribution in [0.4, 0.5) is 0 Å². The van der Waals surface area contributed by atoms with E-state index >= 15 is 0 Å². The van der Waals surface area contributed by atoms with Gasteiger partial charge in [0.1, 0.15) is 5.75 Å². The van der Waals surface area contributed by atoms with Gasteiger partial charge in [-0.2, -0.15) is 5.26 Å². The number of benzene rings is 1. The molecular weight excluding hydrogens is 274 g/mol. The van der Waals surface area contributed by atoms with Crippen LogP contribution in [-0.4, -0.2) is 17.7 Å². The SMILES string of the molecule is CCOC(=O)c1cc(O)cc(C#N)c1CBr. The number of esters is 1. The van der Waals surface area contributed by atoms with Gasteiger partial charge in [-0.15, -0.1) is 0 Å². The average Bonchev–Trinajstić information content (AvgIpc) is 2.28. The second kappa shape index (κ2) is 5.52. The van der Waals surface area contributed by atoms with Crippen LogP contribution in [0.15, 0.2) is 12.1 Å². The van der Waals surface area contributed by atoms with Gasteiger partial charge in [0.15, 0.2) is 0 Å². The zero-order valence-electron chi connectivity index (χ0n) is 8.66. The van der Waals surface area contributed by atoms with E-state index in [4.69, 9.17) is 10.00 Å². The molecule has 0 heterocycles. The summed E-state index contributed by atoms with van der Waals surface area (Å²) >= 11 is 3.20. The van der Waals surface area contributed by atoms with Crippen LogP contribution < -0.4 is 0 Å². The maximum Gasteiger partial charge on any atom is 0.338 e. The monoisotopic (exact) mass is 283 g/mol. The van der Waals surface area contributed by atoms with E-state index in [1.807, 2.05) is 6.07 Å². The molecule has 0 fully saturated rings. The summed E-state index contributed by atoms with van der Waals surface area (Å²) in [4.78, 5) is 11.6. The molecule has 84 valence electrons. The predicted molar refractivity (Wildman–Crippen MR) is 61.4 cm³/mol. The standard InChI is InChI=1S/C11H10BrNO3/c1-2-16-11(15)9-4-8(14)3-7(6-13)10(9)5-12/h3-4,14H,2,5H2,1H3. The van der Waals surface area contributed by atoms with E-state index in [2.05, 4.69) is 15.9 Å². The minimum absolute atomic E-state index is 0.121. The van der Waals surface area contributed by atoms with Gasteiger partial charge in [0.2, 0.25) is 0 Å². The molecule has 0 amide bonds. The molecule has 5 heteroatoms. The number of nitriles is 1. The van der Waals surface area contributed by atoms with E-state index in [1.54, 1.807) is 6.92 Å². The maximum absolute atomic E-state index is 11.6. The molecule has 1 aromatic rings. The van der Waals surface area contributed by atoms with Crippen LogP contribution in [0.1, 0.15) is 28.4 Å². The number of carbonyl (C=O) groups excluding carboxylic acids is 1. The van der Waals surface area contributed by atoms with Crippen molar-refractivity contribution in [2.75, 3.05) is 6.61 Å². The van der Waals surface area contributed by atoms with Crippen molar-refractivity contribution in [3.63, 3.8) is 0 Å². The number of carbonyl (C=O) groups is 1. The number of hydrogen-bond donors (Lipinski definition) is 1. The fourth-order valence-electron chi connectivity index (χ4n) is 1.29. The maximum atomic E-state index is 11.6. The Balaban J connectivity index is 3.32. The second-order valence-electron chi connectivity index (χ2n) is 2.99. The number of rotatable bonds is 3.